The molecule has 86 valence electrons. The summed E-state index contributed by atoms with van der Waals surface area (Å²) in [6, 6.07) is 8.37. The highest BCUT2D eigenvalue weighted by molar-refractivity contribution is 6.30. The zero-order valence-corrected chi connectivity index (χ0v) is 9.91. The molecule has 17 heavy (non-hydrogen) atoms. The van der Waals surface area contributed by atoms with Crippen LogP contribution in [0.5, 0.6) is 0 Å². The first kappa shape index (κ1) is 10.6. The Kier molecular flexibility index (Phi) is 2.54. The first-order valence-corrected chi connectivity index (χ1v) is 5.95. The Morgan fingerprint density at radius 2 is 2.29 bits per heavy atom. The number of benzene rings is 1. The van der Waals surface area contributed by atoms with Gasteiger partial charge in [0.25, 0.3) is 0 Å². The second-order valence-electron chi connectivity index (χ2n) is 4.24. The highest BCUT2D eigenvalue weighted by Crippen LogP contribution is 2.38. The molecule has 0 aliphatic heterocycles. The van der Waals surface area contributed by atoms with E-state index in [2.05, 4.69) is 17.4 Å². The number of aliphatic hydroxyl groups excluding tert-OH is 1. The first-order chi connectivity index (χ1) is 8.28. The van der Waals surface area contributed by atoms with E-state index in [0.717, 1.165) is 16.9 Å². The van der Waals surface area contributed by atoms with Crippen LogP contribution < -0.4 is 0 Å². The average molecular weight is 247 g/mol. The Hall–Kier alpha value is -1.50. The maximum atomic E-state index is 9.29. The summed E-state index contributed by atoms with van der Waals surface area (Å²) in [5, 5.41) is 14.3. The van der Waals surface area contributed by atoms with Gasteiger partial charge in [-0.25, -0.2) is 0 Å². The number of aliphatic hydroxyl groups is 1. The van der Waals surface area contributed by atoms with Crippen LogP contribution >= 0.6 is 11.6 Å². The van der Waals surface area contributed by atoms with Gasteiger partial charge in [0, 0.05) is 22.7 Å². The molecule has 3 nitrogen and oxygen atoms in total. The van der Waals surface area contributed by atoms with Crippen molar-refractivity contribution in [3.05, 3.63) is 46.7 Å². The molecule has 1 aliphatic carbocycles. The van der Waals surface area contributed by atoms with Crippen molar-refractivity contribution in [3.8, 4) is 5.69 Å². The number of hydrogen-bond acceptors (Lipinski definition) is 2. The van der Waals surface area contributed by atoms with Crippen molar-refractivity contribution in [1.82, 2.24) is 9.78 Å². The van der Waals surface area contributed by atoms with E-state index in [1.807, 2.05) is 0 Å². The maximum Gasteiger partial charge on any atom is 0.117 e. The van der Waals surface area contributed by atoms with Gasteiger partial charge in [-0.2, -0.15) is 9.78 Å². The Morgan fingerprint density at radius 3 is 3.00 bits per heavy atom. The molecular formula is C13H11ClN2O. The van der Waals surface area contributed by atoms with Crippen LogP contribution in [0.4, 0.5) is 0 Å². The average Bonchev–Trinajstić information content (AvgIpc) is 3.07. The molecule has 0 saturated heterocycles. The molecule has 1 heterocycles. The minimum Gasteiger partial charge on any atom is -0.392 e. The van der Waals surface area contributed by atoms with E-state index in [1.165, 1.54) is 12.8 Å². The van der Waals surface area contributed by atoms with E-state index in [0.29, 0.717) is 10.9 Å². The summed E-state index contributed by atoms with van der Waals surface area (Å²) in [4.78, 5) is 0. The van der Waals surface area contributed by atoms with E-state index in [1.54, 1.807) is 22.9 Å². The van der Waals surface area contributed by atoms with Crippen molar-refractivity contribution in [2.45, 2.75) is 25.4 Å². The predicted molar refractivity (Wildman–Crippen MR) is 64.1 cm³/mol. The van der Waals surface area contributed by atoms with E-state index < -0.39 is 0 Å². The van der Waals surface area contributed by atoms with Gasteiger partial charge in [-0.15, -0.1) is 0 Å². The first-order valence-electron chi connectivity index (χ1n) is 5.57. The molecule has 1 saturated carbocycles. The Bertz CT molecular complexity index is 546. The molecule has 0 radical (unpaired) electrons. The van der Waals surface area contributed by atoms with Crippen LogP contribution in [0.25, 0.3) is 5.69 Å². The second-order valence-corrected chi connectivity index (χ2v) is 4.68. The zero-order valence-electron chi connectivity index (χ0n) is 9.15. The highest BCUT2D eigenvalue weighted by atomic mass is 35.5. The zero-order chi connectivity index (χ0) is 11.8. The molecule has 1 fully saturated rings. The Morgan fingerprint density at radius 1 is 1.47 bits per heavy atom. The summed E-state index contributed by atoms with van der Waals surface area (Å²) in [7, 11) is 0. The molecule has 0 unspecified atom stereocenters. The van der Waals surface area contributed by atoms with Gasteiger partial charge in [0.1, 0.15) is 5.69 Å². The largest absolute Gasteiger partial charge is 0.392 e. The lowest BCUT2D eigenvalue weighted by Gasteiger charge is -2.06. The standard InChI is InChI=1S/C13H11ClN2O/c14-11-4-3-10(8-17)13(7-11)16-6-5-12(15-16)9-1-2-9/h3-4,7,9,17H,1-2,8H2. The SMILES string of the molecule is OCc1ccc(Cl)cc1-n1c#cc(C2CC2)n1. The van der Waals surface area contributed by atoms with Crippen molar-refractivity contribution in [1.29, 1.82) is 0 Å². The van der Waals surface area contributed by atoms with Crippen LogP contribution in [-0.4, -0.2) is 14.9 Å². The van der Waals surface area contributed by atoms with Crippen LogP contribution in [0.15, 0.2) is 18.2 Å². The second kappa shape index (κ2) is 4.06. The minimum absolute atomic E-state index is 0.0427. The normalized spacial score (nSPS) is 14.7. The fourth-order valence-corrected chi connectivity index (χ4v) is 1.96. The number of halogens is 1. The fraction of sp³-hybridized carbons (Fsp3) is 0.308. The highest BCUT2D eigenvalue weighted by Gasteiger charge is 2.26. The van der Waals surface area contributed by atoms with Crippen molar-refractivity contribution in [2.75, 3.05) is 0 Å². The Labute approximate surface area is 105 Å². The van der Waals surface area contributed by atoms with Gasteiger partial charge in [-0.05, 0) is 31.0 Å². The molecule has 0 bridgehead atoms. The molecule has 1 aliphatic rings. The third-order valence-corrected chi connectivity index (χ3v) is 3.14. The Balaban J connectivity index is 2.03. The van der Waals surface area contributed by atoms with Gasteiger partial charge in [0.05, 0.1) is 12.3 Å². The maximum absolute atomic E-state index is 9.29. The number of nitrogens with zero attached hydrogens (tertiary/aromatic N) is 2. The summed E-state index contributed by atoms with van der Waals surface area (Å²) < 4.78 is 1.62. The lowest BCUT2D eigenvalue weighted by atomic mass is 10.2. The van der Waals surface area contributed by atoms with Gasteiger partial charge in [-0.1, -0.05) is 17.7 Å². The third-order valence-electron chi connectivity index (χ3n) is 2.91. The van der Waals surface area contributed by atoms with Crippen molar-refractivity contribution in [2.24, 2.45) is 0 Å². The van der Waals surface area contributed by atoms with Crippen LogP contribution in [0, 0.1) is 12.3 Å². The number of rotatable bonds is 3. The smallest absolute Gasteiger partial charge is 0.117 e. The monoisotopic (exact) mass is 246 g/mol. The molecule has 3 rings (SSSR count). The lowest BCUT2D eigenvalue weighted by molar-refractivity contribution is 0.281. The molecule has 0 amide bonds. The summed E-state index contributed by atoms with van der Waals surface area (Å²) in [5.74, 6) is 0.546. The van der Waals surface area contributed by atoms with Crippen LogP contribution in [0.1, 0.15) is 30.0 Å². The summed E-state index contributed by atoms with van der Waals surface area (Å²) in [6.07, 6.45) is 5.32. The quantitative estimate of drug-likeness (QED) is 0.904. The van der Waals surface area contributed by atoms with E-state index >= 15 is 0 Å². The molecule has 1 N–H and O–H groups in total. The van der Waals surface area contributed by atoms with E-state index in [-0.39, 0.29) is 6.61 Å². The van der Waals surface area contributed by atoms with Crippen LogP contribution in [0.3, 0.4) is 0 Å². The minimum atomic E-state index is -0.0427. The van der Waals surface area contributed by atoms with Crippen LogP contribution in [0.2, 0.25) is 5.02 Å². The molecule has 4 heteroatoms. The molecule has 1 aromatic carbocycles. The van der Waals surface area contributed by atoms with E-state index in [9.17, 15) is 5.11 Å². The molecule has 0 spiro atoms. The molecule has 2 aromatic rings. The van der Waals surface area contributed by atoms with Gasteiger partial charge in [0.15, 0.2) is 0 Å². The molecule has 0 atom stereocenters. The summed E-state index contributed by atoms with van der Waals surface area (Å²) >= 11 is 5.96. The number of hydrogen-bond donors (Lipinski definition) is 1. The van der Waals surface area contributed by atoms with Gasteiger partial charge >= 0.3 is 0 Å². The third kappa shape index (κ3) is 2.02. The van der Waals surface area contributed by atoms with Crippen molar-refractivity contribution < 1.29 is 5.11 Å². The lowest BCUT2D eigenvalue weighted by Crippen LogP contribution is -2.01. The van der Waals surface area contributed by atoms with Gasteiger partial charge in [-0.3, -0.25) is 0 Å². The van der Waals surface area contributed by atoms with Gasteiger partial charge in [0.2, 0.25) is 0 Å². The summed E-state index contributed by atoms with van der Waals surface area (Å²) in [5.41, 5.74) is 2.50. The van der Waals surface area contributed by atoms with Crippen molar-refractivity contribution in [3.63, 3.8) is 0 Å². The number of aromatic nitrogens is 2. The fourth-order valence-electron chi connectivity index (χ4n) is 1.79. The van der Waals surface area contributed by atoms with Crippen LogP contribution in [-0.2, 0) is 6.61 Å². The molecule has 1 aromatic heterocycles. The van der Waals surface area contributed by atoms with Gasteiger partial charge < -0.3 is 5.11 Å². The van der Waals surface area contributed by atoms with E-state index in [4.69, 9.17) is 11.6 Å². The van der Waals surface area contributed by atoms with Crippen molar-refractivity contribution >= 4 is 11.6 Å². The predicted octanol–water partition coefficient (Wildman–Crippen LogP) is 2.50. The molecular weight excluding hydrogens is 236 g/mol. The summed E-state index contributed by atoms with van der Waals surface area (Å²) in [6.45, 7) is -0.0427. The topological polar surface area (TPSA) is 38.0 Å².